The van der Waals surface area contributed by atoms with Gasteiger partial charge in [-0.05, 0) is 55.0 Å². The van der Waals surface area contributed by atoms with E-state index in [2.05, 4.69) is 15.0 Å². The summed E-state index contributed by atoms with van der Waals surface area (Å²) in [4.78, 5) is 27.7. The summed E-state index contributed by atoms with van der Waals surface area (Å²) in [5.74, 6) is -2.42. The molecule has 4 rings (SSSR count). The average Bonchev–Trinajstić information content (AvgIpc) is 2.80. The number of carbonyl (C=O) groups is 2. The third-order valence-electron chi connectivity index (χ3n) is 4.88. The molecule has 1 unspecified atom stereocenters. The number of alkyl halides is 3. The minimum Gasteiger partial charge on any atom is -0.491 e. The van der Waals surface area contributed by atoms with Crippen LogP contribution in [0.3, 0.4) is 0 Å². The maximum absolute atomic E-state index is 12.5. The van der Waals surface area contributed by atoms with Gasteiger partial charge >= 0.3 is 12.3 Å². The number of aromatic carboxylic acids is 1. The molecule has 7 nitrogen and oxygen atoms in total. The van der Waals surface area contributed by atoms with E-state index < -0.39 is 23.9 Å². The number of benzene rings is 2. The first-order chi connectivity index (χ1) is 16.5. The van der Waals surface area contributed by atoms with Crippen molar-refractivity contribution in [1.82, 2.24) is 10.3 Å². The summed E-state index contributed by atoms with van der Waals surface area (Å²) < 4.78 is 56.0. The van der Waals surface area contributed by atoms with Gasteiger partial charge in [0.1, 0.15) is 11.4 Å². The molecule has 1 aromatic heterocycles. The second-order valence-electron chi connectivity index (χ2n) is 7.36. The van der Waals surface area contributed by atoms with Crippen LogP contribution in [0, 0.1) is 12.7 Å². The standard InChI is InChI=1S/C17H16N2O4.C7H4F4O/c1-10-9-11(4-5-12(10)17(21)22)16(20)19-13-6-8-23-14-3-2-7-18-15(13)14;8-5-3-1-2-4-6(5)12-7(9,10)11/h2-5,7,9,13H,6,8H2,1H3,(H,19,20)(H,21,22);1-4H. The van der Waals surface area contributed by atoms with Crippen LogP contribution >= 0.6 is 0 Å². The number of nitrogens with one attached hydrogen (secondary N) is 1. The highest BCUT2D eigenvalue weighted by molar-refractivity contribution is 5.97. The van der Waals surface area contributed by atoms with Crippen molar-refractivity contribution in [3.63, 3.8) is 0 Å². The van der Waals surface area contributed by atoms with Crippen LogP contribution < -0.4 is 14.8 Å². The molecule has 0 saturated heterocycles. The van der Waals surface area contributed by atoms with Crippen LogP contribution in [0.15, 0.2) is 60.8 Å². The molecule has 0 spiro atoms. The van der Waals surface area contributed by atoms with Crippen molar-refractivity contribution >= 4 is 11.9 Å². The van der Waals surface area contributed by atoms with E-state index in [0.29, 0.717) is 35.6 Å². The number of hydrogen-bond acceptors (Lipinski definition) is 5. The molecule has 2 aromatic carbocycles. The van der Waals surface area contributed by atoms with Crippen molar-refractivity contribution in [3.8, 4) is 11.5 Å². The van der Waals surface area contributed by atoms with Crippen LogP contribution in [0.1, 0.15) is 44.4 Å². The Hall–Kier alpha value is -4.15. The number of aryl methyl sites for hydroxylation is 1. The van der Waals surface area contributed by atoms with Crippen LogP contribution in [-0.2, 0) is 0 Å². The van der Waals surface area contributed by atoms with Crippen LogP contribution in [0.25, 0.3) is 0 Å². The SMILES string of the molecule is Cc1cc(C(=O)NC2CCOc3cccnc32)ccc1C(=O)O.Fc1ccccc1OC(F)(F)F. The number of ether oxygens (including phenoxy) is 2. The molecular formula is C24H20F4N2O5. The van der Waals surface area contributed by atoms with E-state index in [-0.39, 0.29) is 17.5 Å². The fourth-order valence-electron chi connectivity index (χ4n) is 3.29. The Morgan fingerprint density at radius 3 is 2.54 bits per heavy atom. The lowest BCUT2D eigenvalue weighted by Gasteiger charge is -2.25. The van der Waals surface area contributed by atoms with Crippen LogP contribution in [-0.4, -0.2) is 34.9 Å². The Balaban J connectivity index is 0.000000241. The Morgan fingerprint density at radius 2 is 1.89 bits per heavy atom. The van der Waals surface area contributed by atoms with Crippen LogP contribution in [0.2, 0.25) is 0 Å². The Morgan fingerprint density at radius 1 is 1.14 bits per heavy atom. The molecule has 1 aliphatic rings. The summed E-state index contributed by atoms with van der Waals surface area (Å²) in [5.41, 5.74) is 1.89. The monoisotopic (exact) mass is 492 g/mol. The summed E-state index contributed by atoms with van der Waals surface area (Å²) >= 11 is 0. The molecule has 1 aliphatic heterocycles. The molecule has 35 heavy (non-hydrogen) atoms. The molecule has 11 heteroatoms. The van der Waals surface area contributed by atoms with E-state index in [0.717, 1.165) is 12.1 Å². The van der Waals surface area contributed by atoms with Gasteiger partial charge in [-0.3, -0.25) is 9.78 Å². The maximum atomic E-state index is 12.5. The molecule has 0 bridgehead atoms. The van der Waals surface area contributed by atoms with Gasteiger partial charge in [-0.2, -0.15) is 0 Å². The van der Waals surface area contributed by atoms with Gasteiger partial charge in [-0.1, -0.05) is 12.1 Å². The fourth-order valence-corrected chi connectivity index (χ4v) is 3.29. The number of rotatable bonds is 4. The highest BCUT2D eigenvalue weighted by atomic mass is 19.4. The highest BCUT2D eigenvalue weighted by Gasteiger charge is 2.32. The molecule has 184 valence electrons. The van der Waals surface area contributed by atoms with E-state index in [9.17, 15) is 27.2 Å². The minimum atomic E-state index is -4.85. The molecule has 1 amide bonds. The number of aromatic nitrogens is 1. The van der Waals surface area contributed by atoms with Gasteiger partial charge in [0.2, 0.25) is 0 Å². The van der Waals surface area contributed by atoms with Gasteiger partial charge in [0, 0.05) is 18.2 Å². The molecular weight excluding hydrogens is 472 g/mol. The zero-order valence-electron chi connectivity index (χ0n) is 18.3. The number of nitrogens with zero attached hydrogens (tertiary/aromatic N) is 1. The second kappa shape index (κ2) is 10.9. The third-order valence-corrected chi connectivity index (χ3v) is 4.88. The molecule has 2 N–H and O–H groups in total. The van der Waals surface area contributed by atoms with Crippen molar-refractivity contribution in [2.75, 3.05) is 6.61 Å². The van der Waals surface area contributed by atoms with Crippen molar-refractivity contribution in [1.29, 1.82) is 0 Å². The number of para-hydroxylation sites is 1. The summed E-state index contributed by atoms with van der Waals surface area (Å²) in [6.45, 7) is 2.19. The summed E-state index contributed by atoms with van der Waals surface area (Å²) in [7, 11) is 0. The first kappa shape index (κ1) is 25.5. The topological polar surface area (TPSA) is 97.8 Å². The third kappa shape index (κ3) is 6.92. The largest absolute Gasteiger partial charge is 0.573 e. The number of pyridine rings is 1. The highest BCUT2D eigenvalue weighted by Crippen LogP contribution is 2.30. The Kier molecular flexibility index (Phi) is 7.90. The number of carbonyl (C=O) groups excluding carboxylic acids is 1. The smallest absolute Gasteiger partial charge is 0.491 e. The van der Waals surface area contributed by atoms with E-state index in [4.69, 9.17) is 9.84 Å². The second-order valence-corrected chi connectivity index (χ2v) is 7.36. The zero-order chi connectivity index (χ0) is 25.6. The normalized spacial score (nSPS) is 14.5. The van der Waals surface area contributed by atoms with E-state index in [1.54, 1.807) is 25.3 Å². The first-order valence-electron chi connectivity index (χ1n) is 10.3. The van der Waals surface area contributed by atoms with E-state index >= 15 is 0 Å². The molecule has 3 aromatic rings. The number of carboxylic acid groups (broad SMARTS) is 1. The Bertz CT molecular complexity index is 1220. The quantitative estimate of drug-likeness (QED) is 0.494. The van der Waals surface area contributed by atoms with Crippen molar-refractivity contribution in [2.24, 2.45) is 0 Å². The number of hydrogen-bond donors (Lipinski definition) is 2. The number of carboxylic acids is 1. The van der Waals surface area contributed by atoms with Crippen molar-refractivity contribution < 1.29 is 41.7 Å². The predicted octanol–water partition coefficient (Wildman–Crippen LogP) is 5.07. The lowest BCUT2D eigenvalue weighted by Crippen LogP contribution is -2.32. The van der Waals surface area contributed by atoms with E-state index in [1.807, 2.05) is 6.07 Å². The summed E-state index contributed by atoms with van der Waals surface area (Å²) in [6.07, 6.45) is -2.54. The first-order valence-corrected chi connectivity index (χ1v) is 10.3. The number of halogens is 4. The maximum Gasteiger partial charge on any atom is 0.573 e. The Labute approximate surface area is 197 Å². The fraction of sp³-hybridized carbons (Fsp3) is 0.208. The van der Waals surface area contributed by atoms with Gasteiger partial charge < -0.3 is 19.9 Å². The molecule has 1 atom stereocenters. The summed E-state index contributed by atoms with van der Waals surface area (Å²) in [6, 6.07) is 12.3. The van der Waals surface area contributed by atoms with Gasteiger partial charge in [-0.25, -0.2) is 9.18 Å². The number of fused-ring (bicyclic) bond motifs is 1. The van der Waals surface area contributed by atoms with Crippen LogP contribution in [0.4, 0.5) is 17.6 Å². The average molecular weight is 492 g/mol. The summed E-state index contributed by atoms with van der Waals surface area (Å²) in [5, 5.41) is 12.0. The van der Waals surface area contributed by atoms with Gasteiger partial charge in [0.05, 0.1) is 18.2 Å². The number of amides is 1. The molecule has 0 fully saturated rings. The molecule has 0 aliphatic carbocycles. The lowest BCUT2D eigenvalue weighted by atomic mass is 10.0. The van der Waals surface area contributed by atoms with Crippen LogP contribution in [0.5, 0.6) is 11.5 Å². The molecule has 0 radical (unpaired) electrons. The van der Waals surface area contributed by atoms with Crippen molar-refractivity contribution in [3.05, 3.63) is 89.0 Å². The lowest BCUT2D eigenvalue weighted by molar-refractivity contribution is -0.275. The van der Waals surface area contributed by atoms with Gasteiger partial charge in [0.25, 0.3) is 5.91 Å². The van der Waals surface area contributed by atoms with Gasteiger partial charge in [0.15, 0.2) is 11.6 Å². The van der Waals surface area contributed by atoms with Crippen molar-refractivity contribution in [2.45, 2.75) is 25.7 Å². The minimum absolute atomic E-state index is 0.194. The molecule has 2 heterocycles. The van der Waals surface area contributed by atoms with E-state index in [1.165, 1.54) is 24.3 Å². The molecule has 0 saturated carbocycles. The predicted molar refractivity (Wildman–Crippen MR) is 116 cm³/mol. The van der Waals surface area contributed by atoms with Gasteiger partial charge in [-0.15, -0.1) is 13.2 Å². The zero-order valence-corrected chi connectivity index (χ0v) is 18.3.